The Morgan fingerprint density at radius 2 is 1.50 bits per heavy atom. The predicted octanol–water partition coefficient (Wildman–Crippen LogP) is 3.16. The fraction of sp³-hybridized carbons (Fsp3) is 0.125. The lowest BCUT2D eigenvalue weighted by atomic mass is 10.1. The quantitative estimate of drug-likeness (QED) is 0.837. The zero-order chi connectivity index (χ0) is 16.3. The fourth-order valence-corrected chi connectivity index (χ4v) is 1.84. The van der Waals surface area contributed by atoms with E-state index in [1.54, 1.807) is 19.1 Å². The lowest BCUT2D eigenvalue weighted by Gasteiger charge is -2.10. The lowest BCUT2D eigenvalue weighted by Crippen LogP contribution is -2.30. The molecule has 2 rings (SSSR count). The number of hydrogen-bond donors (Lipinski definition) is 2. The van der Waals surface area contributed by atoms with Gasteiger partial charge in [0.2, 0.25) is 0 Å². The molecule has 2 N–H and O–H groups in total. The number of para-hydroxylation sites is 1. The van der Waals surface area contributed by atoms with Gasteiger partial charge in [0.05, 0.1) is 0 Å². The molecule has 6 heteroatoms. The van der Waals surface area contributed by atoms with Crippen LogP contribution in [0.25, 0.3) is 0 Å². The molecule has 114 valence electrons. The van der Waals surface area contributed by atoms with Crippen LogP contribution in [0.15, 0.2) is 36.4 Å². The molecule has 22 heavy (non-hydrogen) atoms. The first-order chi connectivity index (χ1) is 10.4. The summed E-state index contributed by atoms with van der Waals surface area (Å²) in [7, 11) is 0. The topological polar surface area (TPSA) is 58.2 Å². The standard InChI is InChI=1S/C16H14F2N2O2/c1-9-6-7-10(2)13(8-9)19-15(21)16(22)20-14-11(17)4-3-5-12(14)18/h3-8H,1-2H3,(H,19,21)(H,20,22). The lowest BCUT2D eigenvalue weighted by molar-refractivity contribution is -0.133. The van der Waals surface area contributed by atoms with Crippen LogP contribution in [0.5, 0.6) is 0 Å². The average Bonchev–Trinajstić information content (AvgIpc) is 2.46. The highest BCUT2D eigenvalue weighted by molar-refractivity contribution is 6.43. The maximum atomic E-state index is 13.4. The Labute approximate surface area is 126 Å². The first-order valence-electron chi connectivity index (χ1n) is 6.52. The third-order valence-corrected chi connectivity index (χ3v) is 3.05. The molecule has 0 aliphatic rings. The van der Waals surface area contributed by atoms with Crippen molar-refractivity contribution >= 4 is 23.2 Å². The van der Waals surface area contributed by atoms with Crippen LogP contribution in [0, 0.1) is 25.5 Å². The highest BCUT2D eigenvalue weighted by atomic mass is 19.1. The molecule has 0 saturated heterocycles. The summed E-state index contributed by atoms with van der Waals surface area (Å²) in [6.45, 7) is 3.60. The van der Waals surface area contributed by atoms with Crippen molar-refractivity contribution in [2.24, 2.45) is 0 Å². The van der Waals surface area contributed by atoms with Gasteiger partial charge in [-0.1, -0.05) is 18.2 Å². The molecule has 0 radical (unpaired) electrons. The second kappa shape index (κ2) is 6.34. The molecule has 0 aliphatic heterocycles. The number of rotatable bonds is 2. The van der Waals surface area contributed by atoms with Gasteiger partial charge >= 0.3 is 11.8 Å². The van der Waals surface area contributed by atoms with E-state index in [0.717, 1.165) is 29.3 Å². The van der Waals surface area contributed by atoms with Gasteiger partial charge in [0.15, 0.2) is 0 Å². The fourth-order valence-electron chi connectivity index (χ4n) is 1.84. The van der Waals surface area contributed by atoms with Crippen molar-refractivity contribution in [3.05, 3.63) is 59.2 Å². The SMILES string of the molecule is Cc1ccc(C)c(NC(=O)C(=O)Nc2c(F)cccc2F)c1. The number of anilines is 2. The number of amides is 2. The van der Waals surface area contributed by atoms with Crippen molar-refractivity contribution < 1.29 is 18.4 Å². The van der Waals surface area contributed by atoms with E-state index in [9.17, 15) is 18.4 Å². The van der Waals surface area contributed by atoms with Crippen LogP contribution in [0.4, 0.5) is 20.2 Å². The summed E-state index contributed by atoms with van der Waals surface area (Å²) in [5, 5.41) is 4.35. The normalized spacial score (nSPS) is 10.2. The minimum absolute atomic E-state index is 0.467. The Bertz CT molecular complexity index is 725. The van der Waals surface area contributed by atoms with Gasteiger partial charge in [0, 0.05) is 5.69 Å². The predicted molar refractivity (Wildman–Crippen MR) is 79.5 cm³/mol. The van der Waals surface area contributed by atoms with Crippen LogP contribution < -0.4 is 10.6 Å². The van der Waals surface area contributed by atoms with Crippen LogP contribution in [-0.4, -0.2) is 11.8 Å². The molecular formula is C16H14F2N2O2. The minimum Gasteiger partial charge on any atom is -0.318 e. The third-order valence-electron chi connectivity index (χ3n) is 3.05. The van der Waals surface area contributed by atoms with Crippen molar-refractivity contribution in [2.75, 3.05) is 10.6 Å². The van der Waals surface area contributed by atoms with E-state index in [2.05, 4.69) is 5.32 Å². The number of carbonyl (C=O) groups excluding carboxylic acids is 2. The Morgan fingerprint density at radius 1 is 0.909 bits per heavy atom. The number of nitrogens with one attached hydrogen (secondary N) is 2. The number of carbonyl (C=O) groups is 2. The molecule has 0 bridgehead atoms. The van der Waals surface area contributed by atoms with Crippen LogP contribution in [0.2, 0.25) is 0 Å². The van der Waals surface area contributed by atoms with Gasteiger partial charge in [-0.15, -0.1) is 0 Å². The van der Waals surface area contributed by atoms with E-state index in [4.69, 9.17) is 0 Å². The Hall–Kier alpha value is -2.76. The first kappa shape index (κ1) is 15.6. The summed E-state index contributed by atoms with van der Waals surface area (Å²) in [6, 6.07) is 8.49. The smallest absolute Gasteiger partial charge is 0.314 e. The Balaban J connectivity index is 2.13. The van der Waals surface area contributed by atoms with Gasteiger partial charge in [0.1, 0.15) is 17.3 Å². The number of aryl methyl sites for hydroxylation is 2. The van der Waals surface area contributed by atoms with E-state index in [-0.39, 0.29) is 0 Å². The molecule has 0 fully saturated rings. The van der Waals surface area contributed by atoms with Gasteiger partial charge in [-0.3, -0.25) is 9.59 Å². The molecule has 2 aromatic carbocycles. The summed E-state index contributed by atoms with van der Waals surface area (Å²) in [4.78, 5) is 23.6. The molecule has 0 aliphatic carbocycles. The van der Waals surface area contributed by atoms with Crippen molar-refractivity contribution in [1.29, 1.82) is 0 Å². The van der Waals surface area contributed by atoms with Crippen molar-refractivity contribution in [3.63, 3.8) is 0 Å². The van der Waals surface area contributed by atoms with E-state index in [0.29, 0.717) is 5.69 Å². The van der Waals surface area contributed by atoms with Crippen LogP contribution in [0.3, 0.4) is 0 Å². The zero-order valence-electron chi connectivity index (χ0n) is 12.0. The van der Waals surface area contributed by atoms with Gasteiger partial charge in [-0.25, -0.2) is 8.78 Å². The van der Waals surface area contributed by atoms with Crippen molar-refractivity contribution in [2.45, 2.75) is 13.8 Å². The monoisotopic (exact) mass is 304 g/mol. The van der Waals surface area contributed by atoms with Gasteiger partial charge in [0.25, 0.3) is 0 Å². The number of hydrogen-bond acceptors (Lipinski definition) is 2. The molecule has 0 unspecified atom stereocenters. The minimum atomic E-state index is -1.15. The van der Waals surface area contributed by atoms with E-state index < -0.39 is 29.1 Å². The highest BCUT2D eigenvalue weighted by Gasteiger charge is 2.18. The zero-order valence-corrected chi connectivity index (χ0v) is 12.0. The summed E-state index contributed by atoms with van der Waals surface area (Å²) in [6.07, 6.45) is 0. The molecule has 4 nitrogen and oxygen atoms in total. The molecule has 0 atom stereocenters. The number of halogens is 2. The maximum Gasteiger partial charge on any atom is 0.314 e. The summed E-state index contributed by atoms with van der Waals surface area (Å²) >= 11 is 0. The molecule has 2 aromatic rings. The Kier molecular flexibility index (Phi) is 4.50. The van der Waals surface area contributed by atoms with E-state index >= 15 is 0 Å². The molecule has 0 saturated carbocycles. The molecule has 0 spiro atoms. The van der Waals surface area contributed by atoms with Crippen LogP contribution in [0.1, 0.15) is 11.1 Å². The van der Waals surface area contributed by atoms with Crippen LogP contribution >= 0.6 is 0 Å². The van der Waals surface area contributed by atoms with Gasteiger partial charge in [-0.05, 0) is 43.2 Å². The largest absolute Gasteiger partial charge is 0.318 e. The molecule has 0 aromatic heterocycles. The summed E-state index contributed by atoms with van der Waals surface area (Å²) < 4.78 is 26.9. The third kappa shape index (κ3) is 3.46. The van der Waals surface area contributed by atoms with Crippen molar-refractivity contribution in [1.82, 2.24) is 0 Å². The van der Waals surface area contributed by atoms with Gasteiger partial charge < -0.3 is 10.6 Å². The number of benzene rings is 2. The highest BCUT2D eigenvalue weighted by Crippen LogP contribution is 2.19. The molecule has 0 heterocycles. The second-order valence-electron chi connectivity index (χ2n) is 4.82. The average molecular weight is 304 g/mol. The summed E-state index contributed by atoms with van der Waals surface area (Å²) in [5.74, 6) is -4.05. The molecule has 2 amide bonds. The molecular weight excluding hydrogens is 290 g/mol. The van der Waals surface area contributed by atoms with Crippen LogP contribution in [-0.2, 0) is 9.59 Å². The first-order valence-corrected chi connectivity index (χ1v) is 6.52. The van der Waals surface area contributed by atoms with Gasteiger partial charge in [-0.2, -0.15) is 0 Å². The Morgan fingerprint density at radius 3 is 2.14 bits per heavy atom. The second-order valence-corrected chi connectivity index (χ2v) is 4.82. The van der Waals surface area contributed by atoms with E-state index in [1.165, 1.54) is 0 Å². The maximum absolute atomic E-state index is 13.4. The summed E-state index contributed by atoms with van der Waals surface area (Å²) in [5.41, 5.74) is 1.49. The van der Waals surface area contributed by atoms with E-state index in [1.807, 2.05) is 18.3 Å². The van der Waals surface area contributed by atoms with Crippen molar-refractivity contribution in [3.8, 4) is 0 Å².